The van der Waals surface area contributed by atoms with Crippen molar-refractivity contribution in [2.45, 2.75) is 110 Å². The summed E-state index contributed by atoms with van der Waals surface area (Å²) >= 11 is 0. The molecule has 0 saturated carbocycles. The highest BCUT2D eigenvalue weighted by Crippen LogP contribution is 2.16. The van der Waals surface area contributed by atoms with E-state index in [2.05, 4.69) is 17.6 Å². The molecule has 8 heteroatoms. The summed E-state index contributed by atoms with van der Waals surface area (Å²) in [5, 5.41) is 14.2. The van der Waals surface area contributed by atoms with Crippen LogP contribution in [-0.2, 0) is 23.9 Å². The third-order valence-electron chi connectivity index (χ3n) is 6.27. The second kappa shape index (κ2) is 23.7. The number of amides is 2. The van der Waals surface area contributed by atoms with E-state index in [-0.39, 0.29) is 37.9 Å². The lowest BCUT2D eigenvalue weighted by Crippen LogP contribution is -2.16. The number of carbonyl (C=O) groups excluding carboxylic acids is 2. The van der Waals surface area contributed by atoms with Gasteiger partial charge in [-0.25, -0.2) is 0 Å². The van der Waals surface area contributed by atoms with Crippen LogP contribution in [0.1, 0.15) is 110 Å². The minimum Gasteiger partial charge on any atom is -0.481 e. The van der Waals surface area contributed by atoms with Gasteiger partial charge in [-0.3, -0.25) is 14.4 Å². The van der Waals surface area contributed by atoms with Gasteiger partial charge in [-0.05, 0) is 30.7 Å². The number of ether oxygens (including phenoxy) is 2. The zero-order valence-corrected chi connectivity index (χ0v) is 23.4. The van der Waals surface area contributed by atoms with Crippen molar-refractivity contribution in [1.29, 1.82) is 0 Å². The Labute approximate surface area is 229 Å². The van der Waals surface area contributed by atoms with Crippen molar-refractivity contribution in [2.24, 2.45) is 0 Å². The maximum Gasteiger partial charge on any atom is 0.305 e. The minimum atomic E-state index is -0.900. The van der Waals surface area contributed by atoms with Gasteiger partial charge >= 0.3 is 5.97 Å². The largest absolute Gasteiger partial charge is 0.481 e. The number of nitrogens with one attached hydrogen (secondary N) is 2. The fourth-order valence-electron chi connectivity index (χ4n) is 4.03. The quantitative estimate of drug-likeness (QED) is 0.117. The van der Waals surface area contributed by atoms with E-state index in [4.69, 9.17) is 14.6 Å². The second-order valence-corrected chi connectivity index (χ2v) is 9.78. The number of carbonyl (C=O) groups is 3. The summed E-state index contributed by atoms with van der Waals surface area (Å²) in [5.41, 5.74) is 1.37. The van der Waals surface area contributed by atoms with Crippen molar-refractivity contribution < 1.29 is 29.0 Å². The standard InChI is InChI=1S/C30H50N2O6/c1-2-3-4-5-6-7-8-9-10-11-12-13-14-15-28(33)31-26-16-18-27(19-17-26)32-29(34)20-22-37-24-25-38-23-21-30(35)36/h16-19H,2-15,20-25H2,1H3,(H,31,33)(H,32,34)(H,35,36). The van der Waals surface area contributed by atoms with Crippen molar-refractivity contribution in [3.63, 3.8) is 0 Å². The van der Waals surface area contributed by atoms with Crippen LogP contribution in [0.2, 0.25) is 0 Å². The van der Waals surface area contributed by atoms with Crippen molar-refractivity contribution in [2.75, 3.05) is 37.1 Å². The fourth-order valence-corrected chi connectivity index (χ4v) is 4.03. The minimum absolute atomic E-state index is 0.0222. The number of benzene rings is 1. The second-order valence-electron chi connectivity index (χ2n) is 9.78. The molecular formula is C30H50N2O6. The van der Waals surface area contributed by atoms with E-state index >= 15 is 0 Å². The predicted octanol–water partition coefficient (Wildman–Crippen LogP) is 6.94. The first kappa shape index (κ1) is 33.6. The van der Waals surface area contributed by atoms with Gasteiger partial charge in [0, 0.05) is 17.8 Å². The normalized spacial score (nSPS) is 10.9. The van der Waals surface area contributed by atoms with E-state index in [1.165, 1.54) is 70.6 Å². The maximum absolute atomic E-state index is 12.2. The summed E-state index contributed by atoms with van der Waals surface area (Å²) in [7, 11) is 0. The molecule has 0 bridgehead atoms. The Hall–Kier alpha value is -2.45. The molecule has 1 rings (SSSR count). The summed E-state index contributed by atoms with van der Waals surface area (Å²) < 4.78 is 10.4. The van der Waals surface area contributed by atoms with Gasteiger partial charge in [-0.1, -0.05) is 84.0 Å². The molecule has 0 fully saturated rings. The van der Waals surface area contributed by atoms with Crippen LogP contribution in [0.5, 0.6) is 0 Å². The highest BCUT2D eigenvalue weighted by atomic mass is 16.5. The highest BCUT2D eigenvalue weighted by Gasteiger charge is 2.05. The van der Waals surface area contributed by atoms with E-state index in [1.54, 1.807) is 24.3 Å². The van der Waals surface area contributed by atoms with Crippen LogP contribution in [0.15, 0.2) is 24.3 Å². The predicted molar refractivity (Wildman–Crippen MR) is 153 cm³/mol. The average molecular weight is 535 g/mol. The summed E-state index contributed by atoms with van der Waals surface area (Å²) in [6.45, 7) is 3.26. The highest BCUT2D eigenvalue weighted by molar-refractivity contribution is 5.92. The van der Waals surface area contributed by atoms with Gasteiger partial charge < -0.3 is 25.2 Å². The van der Waals surface area contributed by atoms with E-state index in [1.807, 2.05) is 0 Å². The number of carboxylic acids is 1. The van der Waals surface area contributed by atoms with Crippen LogP contribution in [0.25, 0.3) is 0 Å². The molecule has 1 aromatic rings. The lowest BCUT2D eigenvalue weighted by molar-refractivity contribution is -0.138. The van der Waals surface area contributed by atoms with Gasteiger partial charge in [0.2, 0.25) is 11.8 Å². The SMILES string of the molecule is CCCCCCCCCCCCCCCC(=O)Nc1ccc(NC(=O)CCOCCOCCC(=O)O)cc1. The summed E-state index contributed by atoms with van der Waals surface area (Å²) in [6.07, 6.45) is 17.4. The molecule has 0 atom stereocenters. The molecule has 0 spiro atoms. The van der Waals surface area contributed by atoms with Crippen LogP contribution in [0.3, 0.4) is 0 Å². The van der Waals surface area contributed by atoms with Crippen LogP contribution < -0.4 is 10.6 Å². The molecule has 216 valence electrons. The Morgan fingerprint density at radius 1 is 0.579 bits per heavy atom. The lowest BCUT2D eigenvalue weighted by Gasteiger charge is -2.09. The van der Waals surface area contributed by atoms with Gasteiger partial charge in [-0.2, -0.15) is 0 Å². The van der Waals surface area contributed by atoms with Crippen molar-refractivity contribution in [3.8, 4) is 0 Å². The first-order valence-corrected chi connectivity index (χ1v) is 14.6. The van der Waals surface area contributed by atoms with Gasteiger partial charge in [0.1, 0.15) is 0 Å². The number of rotatable bonds is 25. The van der Waals surface area contributed by atoms with Crippen LogP contribution >= 0.6 is 0 Å². The molecule has 3 N–H and O–H groups in total. The molecule has 1 aromatic carbocycles. The Balaban J connectivity index is 2.01. The molecule has 2 amide bonds. The molecule has 0 aromatic heterocycles. The molecule has 0 aliphatic heterocycles. The van der Waals surface area contributed by atoms with E-state index in [0.29, 0.717) is 31.0 Å². The van der Waals surface area contributed by atoms with E-state index in [9.17, 15) is 14.4 Å². The zero-order valence-electron chi connectivity index (χ0n) is 23.4. The number of anilines is 2. The number of aliphatic carboxylic acids is 1. The molecule has 0 aliphatic carbocycles. The molecule has 0 aliphatic rings. The molecule has 0 unspecified atom stereocenters. The van der Waals surface area contributed by atoms with Crippen LogP contribution in [0, 0.1) is 0 Å². The van der Waals surface area contributed by atoms with Gasteiger partial charge in [0.15, 0.2) is 0 Å². The first-order chi connectivity index (χ1) is 18.5. The first-order valence-electron chi connectivity index (χ1n) is 14.6. The van der Waals surface area contributed by atoms with Crippen molar-refractivity contribution in [3.05, 3.63) is 24.3 Å². The van der Waals surface area contributed by atoms with Crippen LogP contribution in [0.4, 0.5) is 11.4 Å². The van der Waals surface area contributed by atoms with Crippen molar-refractivity contribution >= 4 is 29.2 Å². The molecule has 0 saturated heterocycles. The fraction of sp³-hybridized carbons (Fsp3) is 0.700. The van der Waals surface area contributed by atoms with Gasteiger partial charge in [-0.15, -0.1) is 0 Å². The zero-order chi connectivity index (χ0) is 27.7. The molecule has 0 radical (unpaired) electrons. The van der Waals surface area contributed by atoms with E-state index < -0.39 is 5.97 Å². The monoisotopic (exact) mass is 534 g/mol. The number of carboxylic acid groups (broad SMARTS) is 1. The lowest BCUT2D eigenvalue weighted by atomic mass is 10.0. The summed E-state index contributed by atoms with van der Waals surface area (Å²) in [5.74, 6) is -1.05. The van der Waals surface area contributed by atoms with Gasteiger partial charge in [0.25, 0.3) is 0 Å². The van der Waals surface area contributed by atoms with Crippen molar-refractivity contribution in [1.82, 2.24) is 0 Å². The third kappa shape index (κ3) is 20.6. The van der Waals surface area contributed by atoms with Gasteiger partial charge in [0.05, 0.1) is 39.3 Å². The number of hydrogen-bond acceptors (Lipinski definition) is 5. The molecule has 8 nitrogen and oxygen atoms in total. The smallest absolute Gasteiger partial charge is 0.305 e. The van der Waals surface area contributed by atoms with E-state index in [0.717, 1.165) is 12.8 Å². The summed E-state index contributed by atoms with van der Waals surface area (Å²) in [4.78, 5) is 34.6. The van der Waals surface area contributed by atoms with Crippen LogP contribution in [-0.4, -0.2) is 49.3 Å². The molecule has 38 heavy (non-hydrogen) atoms. The Morgan fingerprint density at radius 3 is 1.42 bits per heavy atom. The number of unbranched alkanes of at least 4 members (excludes halogenated alkanes) is 12. The Bertz CT molecular complexity index is 754. The Kier molecular flexibility index (Phi) is 20.9. The maximum atomic E-state index is 12.2. The number of hydrogen-bond donors (Lipinski definition) is 3. The Morgan fingerprint density at radius 2 is 0.974 bits per heavy atom. The average Bonchev–Trinajstić information content (AvgIpc) is 2.89. The third-order valence-corrected chi connectivity index (χ3v) is 6.27. The molecule has 0 heterocycles. The summed E-state index contributed by atoms with van der Waals surface area (Å²) in [6, 6.07) is 7.08. The molecular weight excluding hydrogens is 484 g/mol. The topological polar surface area (TPSA) is 114 Å².